The van der Waals surface area contributed by atoms with Crippen molar-refractivity contribution in [2.75, 3.05) is 0 Å². The molecular weight excluding hydrogens is 212 g/mol. The number of aromatic amines is 2. The van der Waals surface area contributed by atoms with Crippen molar-refractivity contribution in [3.63, 3.8) is 0 Å². The van der Waals surface area contributed by atoms with Gasteiger partial charge in [-0.2, -0.15) is 0 Å². The number of rotatable bonds is 0. The third kappa shape index (κ3) is 1.10. The Kier molecular flexibility index (Phi) is 1.64. The SMILES string of the molecule is O=c1[nH]ccc2[nH]c3c(Cl)cccc3c12. The van der Waals surface area contributed by atoms with Crippen LogP contribution in [0.5, 0.6) is 0 Å². The second-order valence-electron chi connectivity index (χ2n) is 3.38. The molecule has 0 saturated carbocycles. The fourth-order valence-electron chi connectivity index (χ4n) is 1.84. The summed E-state index contributed by atoms with van der Waals surface area (Å²) in [4.78, 5) is 17.4. The van der Waals surface area contributed by atoms with Crippen molar-refractivity contribution < 1.29 is 0 Å². The van der Waals surface area contributed by atoms with Crippen molar-refractivity contribution in [1.82, 2.24) is 9.97 Å². The maximum Gasteiger partial charge on any atom is 0.258 e. The second kappa shape index (κ2) is 2.87. The van der Waals surface area contributed by atoms with E-state index >= 15 is 0 Å². The van der Waals surface area contributed by atoms with E-state index in [1.54, 1.807) is 12.3 Å². The van der Waals surface area contributed by atoms with Crippen molar-refractivity contribution in [1.29, 1.82) is 0 Å². The van der Waals surface area contributed by atoms with E-state index in [-0.39, 0.29) is 5.56 Å². The maximum absolute atomic E-state index is 11.6. The van der Waals surface area contributed by atoms with E-state index in [2.05, 4.69) is 9.97 Å². The lowest BCUT2D eigenvalue weighted by atomic mass is 10.2. The first kappa shape index (κ1) is 8.56. The molecule has 74 valence electrons. The zero-order valence-electron chi connectivity index (χ0n) is 7.67. The van der Waals surface area contributed by atoms with Gasteiger partial charge in [-0.25, -0.2) is 0 Å². The second-order valence-corrected chi connectivity index (χ2v) is 3.79. The lowest BCUT2D eigenvalue weighted by molar-refractivity contribution is 1.28. The summed E-state index contributed by atoms with van der Waals surface area (Å²) >= 11 is 6.04. The summed E-state index contributed by atoms with van der Waals surface area (Å²) in [5.74, 6) is 0. The molecule has 3 nitrogen and oxygen atoms in total. The van der Waals surface area contributed by atoms with E-state index in [9.17, 15) is 4.79 Å². The number of hydrogen-bond donors (Lipinski definition) is 2. The number of benzene rings is 1. The Balaban J connectivity index is 2.71. The molecule has 15 heavy (non-hydrogen) atoms. The summed E-state index contributed by atoms with van der Waals surface area (Å²) in [5.41, 5.74) is 1.52. The molecule has 0 atom stereocenters. The van der Waals surface area contributed by atoms with Crippen molar-refractivity contribution in [2.24, 2.45) is 0 Å². The fraction of sp³-hybridized carbons (Fsp3) is 0. The number of H-pyrrole nitrogens is 2. The van der Waals surface area contributed by atoms with E-state index in [0.29, 0.717) is 10.4 Å². The normalized spacial score (nSPS) is 11.3. The zero-order valence-corrected chi connectivity index (χ0v) is 8.43. The van der Waals surface area contributed by atoms with Gasteiger partial charge in [-0.15, -0.1) is 0 Å². The van der Waals surface area contributed by atoms with Gasteiger partial charge in [-0.3, -0.25) is 4.79 Å². The average Bonchev–Trinajstić information content (AvgIpc) is 2.59. The van der Waals surface area contributed by atoms with Crippen molar-refractivity contribution >= 4 is 33.4 Å². The minimum atomic E-state index is -0.0963. The topological polar surface area (TPSA) is 48.6 Å². The third-order valence-electron chi connectivity index (χ3n) is 2.50. The number of hydrogen-bond acceptors (Lipinski definition) is 1. The van der Waals surface area contributed by atoms with Crippen LogP contribution in [-0.2, 0) is 0 Å². The van der Waals surface area contributed by atoms with Crippen LogP contribution in [0.15, 0.2) is 35.3 Å². The minimum Gasteiger partial charge on any atom is -0.353 e. The van der Waals surface area contributed by atoms with Crippen LogP contribution in [-0.4, -0.2) is 9.97 Å². The highest BCUT2D eigenvalue weighted by Crippen LogP contribution is 2.27. The van der Waals surface area contributed by atoms with Gasteiger partial charge in [0.15, 0.2) is 0 Å². The van der Waals surface area contributed by atoms with Crippen LogP contribution in [0, 0.1) is 0 Å². The van der Waals surface area contributed by atoms with Gasteiger partial charge in [-0.1, -0.05) is 23.7 Å². The Morgan fingerprint density at radius 2 is 2.07 bits per heavy atom. The number of halogens is 1. The van der Waals surface area contributed by atoms with Crippen LogP contribution in [0.3, 0.4) is 0 Å². The Morgan fingerprint density at radius 1 is 1.20 bits per heavy atom. The molecule has 1 aromatic carbocycles. The van der Waals surface area contributed by atoms with Crippen LogP contribution in [0.25, 0.3) is 21.8 Å². The molecule has 0 saturated heterocycles. The molecule has 3 rings (SSSR count). The highest BCUT2D eigenvalue weighted by Gasteiger charge is 2.08. The van der Waals surface area contributed by atoms with Gasteiger partial charge < -0.3 is 9.97 Å². The predicted octanol–water partition coefficient (Wildman–Crippen LogP) is 2.66. The summed E-state index contributed by atoms with van der Waals surface area (Å²) in [6.07, 6.45) is 1.62. The van der Waals surface area contributed by atoms with Crippen LogP contribution in [0.1, 0.15) is 0 Å². The van der Waals surface area contributed by atoms with Crippen LogP contribution in [0.4, 0.5) is 0 Å². The molecule has 0 fully saturated rings. The van der Waals surface area contributed by atoms with Gasteiger partial charge in [0, 0.05) is 11.6 Å². The quantitative estimate of drug-likeness (QED) is 0.599. The van der Waals surface area contributed by atoms with E-state index in [0.717, 1.165) is 16.4 Å². The zero-order chi connectivity index (χ0) is 10.4. The molecule has 0 aliphatic carbocycles. The molecule has 2 heterocycles. The molecule has 0 bridgehead atoms. The van der Waals surface area contributed by atoms with Crippen molar-refractivity contribution in [3.05, 3.63) is 45.8 Å². The smallest absolute Gasteiger partial charge is 0.258 e. The minimum absolute atomic E-state index is 0.0963. The Hall–Kier alpha value is -1.74. The average molecular weight is 219 g/mol. The molecule has 0 unspecified atom stereocenters. The van der Waals surface area contributed by atoms with Gasteiger partial charge >= 0.3 is 0 Å². The highest BCUT2D eigenvalue weighted by molar-refractivity contribution is 6.36. The third-order valence-corrected chi connectivity index (χ3v) is 2.82. The van der Waals surface area contributed by atoms with E-state index in [4.69, 9.17) is 11.6 Å². The first-order valence-corrected chi connectivity index (χ1v) is 4.93. The number of aromatic nitrogens is 2. The molecule has 0 amide bonds. The summed E-state index contributed by atoms with van der Waals surface area (Å²) in [7, 11) is 0. The first-order chi connectivity index (χ1) is 7.27. The van der Waals surface area contributed by atoms with Crippen molar-refractivity contribution in [3.8, 4) is 0 Å². The fourth-order valence-corrected chi connectivity index (χ4v) is 2.07. The van der Waals surface area contributed by atoms with Gasteiger partial charge in [0.25, 0.3) is 5.56 Å². The van der Waals surface area contributed by atoms with E-state index in [1.807, 2.05) is 18.2 Å². The Bertz CT molecular complexity index is 711. The van der Waals surface area contributed by atoms with Crippen LogP contribution in [0.2, 0.25) is 5.02 Å². The molecule has 0 aliphatic rings. The largest absolute Gasteiger partial charge is 0.353 e. The summed E-state index contributed by atoms with van der Waals surface area (Å²) in [6, 6.07) is 7.35. The highest BCUT2D eigenvalue weighted by atomic mass is 35.5. The van der Waals surface area contributed by atoms with Gasteiger partial charge in [0.1, 0.15) is 0 Å². The van der Waals surface area contributed by atoms with Crippen LogP contribution >= 0.6 is 11.6 Å². The van der Waals surface area contributed by atoms with Gasteiger partial charge in [-0.05, 0) is 12.1 Å². The first-order valence-electron chi connectivity index (χ1n) is 4.55. The molecule has 3 aromatic rings. The molecular formula is C11H7ClN2O. The Morgan fingerprint density at radius 3 is 2.93 bits per heavy atom. The van der Waals surface area contributed by atoms with E-state index < -0.39 is 0 Å². The maximum atomic E-state index is 11.6. The number of fused-ring (bicyclic) bond motifs is 3. The predicted molar refractivity (Wildman–Crippen MR) is 61.4 cm³/mol. The number of pyridine rings is 1. The van der Waals surface area contributed by atoms with Gasteiger partial charge in [0.05, 0.1) is 21.4 Å². The lowest BCUT2D eigenvalue weighted by Gasteiger charge is -1.91. The molecule has 2 aromatic heterocycles. The van der Waals surface area contributed by atoms with Gasteiger partial charge in [0.2, 0.25) is 0 Å². The van der Waals surface area contributed by atoms with E-state index in [1.165, 1.54) is 0 Å². The molecule has 4 heteroatoms. The van der Waals surface area contributed by atoms with Crippen molar-refractivity contribution in [2.45, 2.75) is 0 Å². The molecule has 0 spiro atoms. The number of para-hydroxylation sites is 1. The number of nitrogens with one attached hydrogen (secondary N) is 2. The summed E-state index contributed by atoms with van der Waals surface area (Å²) in [5, 5.41) is 2.15. The van der Waals surface area contributed by atoms with Crippen LogP contribution < -0.4 is 5.56 Å². The summed E-state index contributed by atoms with van der Waals surface area (Å²) < 4.78 is 0. The lowest BCUT2D eigenvalue weighted by Crippen LogP contribution is -2.02. The molecule has 2 N–H and O–H groups in total. The molecule has 0 aliphatic heterocycles. The Labute approximate surface area is 89.7 Å². The standard InChI is InChI=1S/C11H7ClN2O/c12-7-3-1-2-6-9-8(14-10(6)7)4-5-13-11(9)15/h1-5,14H,(H,13,15). The molecule has 0 radical (unpaired) electrons. The summed E-state index contributed by atoms with van der Waals surface area (Å²) in [6.45, 7) is 0. The monoisotopic (exact) mass is 218 g/mol.